The van der Waals surface area contributed by atoms with Crippen LogP contribution in [0.4, 0.5) is 0 Å². The molecule has 7 heteroatoms. The maximum absolute atomic E-state index is 12.2. The van der Waals surface area contributed by atoms with Crippen molar-refractivity contribution in [3.05, 3.63) is 27.7 Å². The standard InChI is InChI=1S/C16H24N4O3/c1-2-20-16(22)11-13-12-18(5-3-14(13)17-20)6-4-15(21)19-7-9-23-10-8-19/h11H,2-10,12H2,1H3. The van der Waals surface area contributed by atoms with E-state index in [0.29, 0.717) is 45.8 Å². The lowest BCUT2D eigenvalue weighted by molar-refractivity contribution is -0.135. The number of hydrogen-bond donors (Lipinski definition) is 0. The summed E-state index contributed by atoms with van der Waals surface area (Å²) in [7, 11) is 0. The van der Waals surface area contributed by atoms with E-state index in [0.717, 1.165) is 30.8 Å². The second-order valence-corrected chi connectivity index (χ2v) is 6.04. The van der Waals surface area contributed by atoms with Crippen LogP contribution in [0, 0.1) is 0 Å². The van der Waals surface area contributed by atoms with Crippen LogP contribution in [-0.2, 0) is 29.0 Å². The Balaban J connectivity index is 1.56. The molecule has 3 rings (SSSR count). The van der Waals surface area contributed by atoms with Crippen molar-refractivity contribution in [2.75, 3.05) is 39.4 Å². The van der Waals surface area contributed by atoms with Gasteiger partial charge < -0.3 is 9.64 Å². The largest absolute Gasteiger partial charge is 0.378 e. The fourth-order valence-electron chi connectivity index (χ4n) is 3.14. The van der Waals surface area contributed by atoms with E-state index in [2.05, 4.69) is 10.00 Å². The number of morpholine rings is 1. The van der Waals surface area contributed by atoms with E-state index in [1.54, 1.807) is 6.07 Å². The summed E-state index contributed by atoms with van der Waals surface area (Å²) in [6.07, 6.45) is 1.36. The van der Waals surface area contributed by atoms with Crippen molar-refractivity contribution < 1.29 is 9.53 Å². The molecule has 0 N–H and O–H groups in total. The molecule has 0 saturated carbocycles. The van der Waals surface area contributed by atoms with Gasteiger partial charge in [-0.25, -0.2) is 4.68 Å². The van der Waals surface area contributed by atoms with E-state index in [-0.39, 0.29) is 11.5 Å². The molecule has 0 aliphatic carbocycles. The van der Waals surface area contributed by atoms with Gasteiger partial charge in [-0.1, -0.05) is 0 Å². The highest BCUT2D eigenvalue weighted by molar-refractivity contribution is 5.76. The zero-order chi connectivity index (χ0) is 16.2. The van der Waals surface area contributed by atoms with Crippen LogP contribution in [0.1, 0.15) is 24.6 Å². The van der Waals surface area contributed by atoms with Crippen LogP contribution in [0.25, 0.3) is 0 Å². The zero-order valence-corrected chi connectivity index (χ0v) is 13.7. The quantitative estimate of drug-likeness (QED) is 0.773. The molecule has 0 spiro atoms. The third-order valence-electron chi connectivity index (χ3n) is 4.53. The van der Waals surface area contributed by atoms with Crippen LogP contribution in [0.15, 0.2) is 10.9 Å². The fraction of sp³-hybridized carbons (Fsp3) is 0.688. The molecule has 1 saturated heterocycles. The minimum atomic E-state index is -0.0440. The molecule has 0 radical (unpaired) electrons. The Kier molecular flexibility index (Phi) is 5.07. The molecule has 0 bridgehead atoms. The lowest BCUT2D eigenvalue weighted by atomic mass is 10.1. The predicted octanol–water partition coefficient (Wildman–Crippen LogP) is -0.130. The van der Waals surface area contributed by atoms with Gasteiger partial charge in [0.25, 0.3) is 5.56 Å². The number of hydrogen-bond acceptors (Lipinski definition) is 5. The van der Waals surface area contributed by atoms with Crippen LogP contribution in [0.2, 0.25) is 0 Å². The van der Waals surface area contributed by atoms with Gasteiger partial charge >= 0.3 is 0 Å². The number of aryl methyl sites for hydroxylation is 1. The van der Waals surface area contributed by atoms with Crippen LogP contribution < -0.4 is 5.56 Å². The second kappa shape index (κ2) is 7.23. The summed E-state index contributed by atoms with van der Waals surface area (Å²) in [5, 5.41) is 4.42. The molecule has 3 heterocycles. The highest BCUT2D eigenvalue weighted by atomic mass is 16.5. The van der Waals surface area contributed by atoms with Gasteiger partial charge in [0.1, 0.15) is 0 Å². The number of nitrogens with zero attached hydrogens (tertiary/aromatic N) is 4. The monoisotopic (exact) mass is 320 g/mol. The Bertz CT molecular complexity index is 622. The molecule has 1 aromatic rings. The molecule has 0 unspecified atom stereocenters. The Morgan fingerprint density at radius 1 is 1.30 bits per heavy atom. The van der Waals surface area contributed by atoms with E-state index in [4.69, 9.17) is 4.74 Å². The molecule has 2 aliphatic rings. The molecular weight excluding hydrogens is 296 g/mol. The van der Waals surface area contributed by atoms with E-state index in [9.17, 15) is 9.59 Å². The average Bonchev–Trinajstić information content (AvgIpc) is 2.59. The fourth-order valence-corrected chi connectivity index (χ4v) is 3.14. The number of fused-ring (bicyclic) bond motifs is 1. The predicted molar refractivity (Wildman–Crippen MR) is 85.2 cm³/mol. The van der Waals surface area contributed by atoms with Gasteiger partial charge in [-0.15, -0.1) is 0 Å². The highest BCUT2D eigenvalue weighted by Crippen LogP contribution is 2.15. The summed E-state index contributed by atoms with van der Waals surface area (Å²) in [4.78, 5) is 28.2. The average molecular weight is 320 g/mol. The minimum Gasteiger partial charge on any atom is -0.378 e. The molecule has 0 aromatic carbocycles. The zero-order valence-electron chi connectivity index (χ0n) is 13.7. The Morgan fingerprint density at radius 2 is 2.09 bits per heavy atom. The van der Waals surface area contributed by atoms with Gasteiger partial charge in [-0.3, -0.25) is 14.5 Å². The first-order valence-corrected chi connectivity index (χ1v) is 8.35. The van der Waals surface area contributed by atoms with Crippen molar-refractivity contribution in [1.82, 2.24) is 19.6 Å². The Labute approximate surface area is 135 Å². The Morgan fingerprint density at radius 3 is 2.83 bits per heavy atom. The lowest BCUT2D eigenvalue weighted by Gasteiger charge is -2.30. The number of aromatic nitrogens is 2. The molecule has 2 aliphatic heterocycles. The SMILES string of the molecule is CCn1nc2c(cc1=O)CN(CCC(=O)N1CCOCC1)CC2. The first kappa shape index (κ1) is 16.1. The van der Waals surface area contributed by atoms with Gasteiger partial charge in [0, 0.05) is 58.2 Å². The van der Waals surface area contributed by atoms with Gasteiger partial charge in [-0.2, -0.15) is 5.10 Å². The van der Waals surface area contributed by atoms with Crippen LogP contribution in [0.3, 0.4) is 0 Å². The molecule has 0 atom stereocenters. The van der Waals surface area contributed by atoms with Crippen LogP contribution in [-0.4, -0.2) is 64.9 Å². The van der Waals surface area contributed by atoms with E-state index in [1.165, 1.54) is 4.68 Å². The molecule has 1 amide bonds. The van der Waals surface area contributed by atoms with E-state index in [1.807, 2.05) is 11.8 Å². The number of rotatable bonds is 4. The summed E-state index contributed by atoms with van der Waals surface area (Å²) in [6.45, 7) is 7.51. The summed E-state index contributed by atoms with van der Waals surface area (Å²) < 4.78 is 6.78. The van der Waals surface area contributed by atoms with Crippen molar-refractivity contribution in [3.8, 4) is 0 Å². The summed E-state index contributed by atoms with van der Waals surface area (Å²) >= 11 is 0. The molecule has 1 fully saturated rings. The molecule has 23 heavy (non-hydrogen) atoms. The topological polar surface area (TPSA) is 67.7 Å². The summed E-state index contributed by atoms with van der Waals surface area (Å²) in [6, 6.07) is 1.70. The maximum Gasteiger partial charge on any atom is 0.267 e. The normalized spacial score (nSPS) is 18.7. The van der Waals surface area contributed by atoms with Crippen LogP contribution in [0.5, 0.6) is 0 Å². The first-order chi connectivity index (χ1) is 11.2. The number of ether oxygens (including phenoxy) is 1. The van der Waals surface area contributed by atoms with E-state index >= 15 is 0 Å². The number of carbonyl (C=O) groups is 1. The third-order valence-corrected chi connectivity index (χ3v) is 4.53. The van der Waals surface area contributed by atoms with Gasteiger partial charge in [-0.05, 0) is 12.5 Å². The van der Waals surface area contributed by atoms with Crippen molar-refractivity contribution in [2.24, 2.45) is 0 Å². The number of amides is 1. The molecular formula is C16H24N4O3. The van der Waals surface area contributed by atoms with Crippen molar-refractivity contribution in [1.29, 1.82) is 0 Å². The van der Waals surface area contributed by atoms with E-state index < -0.39 is 0 Å². The first-order valence-electron chi connectivity index (χ1n) is 8.35. The minimum absolute atomic E-state index is 0.0440. The van der Waals surface area contributed by atoms with Crippen molar-refractivity contribution in [3.63, 3.8) is 0 Å². The highest BCUT2D eigenvalue weighted by Gasteiger charge is 2.21. The maximum atomic E-state index is 12.2. The molecule has 7 nitrogen and oxygen atoms in total. The van der Waals surface area contributed by atoms with Gasteiger partial charge in [0.2, 0.25) is 5.91 Å². The molecule has 1 aromatic heterocycles. The van der Waals surface area contributed by atoms with Gasteiger partial charge in [0.15, 0.2) is 0 Å². The second-order valence-electron chi connectivity index (χ2n) is 6.04. The lowest BCUT2D eigenvalue weighted by Crippen LogP contribution is -2.42. The van der Waals surface area contributed by atoms with Gasteiger partial charge in [0.05, 0.1) is 18.9 Å². The summed E-state index contributed by atoms with van der Waals surface area (Å²) in [5.74, 6) is 0.193. The number of carbonyl (C=O) groups excluding carboxylic acids is 1. The van der Waals surface area contributed by atoms with Crippen molar-refractivity contribution >= 4 is 5.91 Å². The van der Waals surface area contributed by atoms with Crippen LogP contribution >= 0.6 is 0 Å². The Hall–Kier alpha value is -1.73. The third kappa shape index (κ3) is 3.79. The smallest absolute Gasteiger partial charge is 0.267 e. The summed E-state index contributed by atoms with van der Waals surface area (Å²) in [5.41, 5.74) is 1.98. The molecule has 126 valence electrons. The van der Waals surface area contributed by atoms with Crippen molar-refractivity contribution in [2.45, 2.75) is 32.9 Å².